The molecule has 1 aliphatic heterocycles. The third-order valence-electron chi connectivity index (χ3n) is 5.93. The highest BCUT2D eigenvalue weighted by Gasteiger charge is 2.22. The van der Waals surface area contributed by atoms with Gasteiger partial charge < -0.3 is 10.6 Å². The largest absolute Gasteiger partial charge is 0.352 e. The summed E-state index contributed by atoms with van der Waals surface area (Å²) >= 11 is 0. The average molecular weight is 451 g/mol. The van der Waals surface area contributed by atoms with Crippen LogP contribution in [0.25, 0.3) is 27.7 Å². The number of hydrogen-bond acceptors (Lipinski definition) is 5. The van der Waals surface area contributed by atoms with E-state index in [0.717, 1.165) is 51.1 Å². The minimum Gasteiger partial charge on any atom is -0.352 e. The Bertz CT molecular complexity index is 1460. The first-order valence-corrected chi connectivity index (χ1v) is 11.1. The van der Waals surface area contributed by atoms with E-state index in [1.807, 2.05) is 57.3 Å². The van der Waals surface area contributed by atoms with Gasteiger partial charge in [0.25, 0.3) is 0 Å². The second-order valence-electron chi connectivity index (χ2n) is 9.44. The van der Waals surface area contributed by atoms with E-state index in [1.165, 1.54) is 5.56 Å². The number of aromatic nitrogens is 4. The lowest BCUT2D eigenvalue weighted by atomic mass is 9.95. The van der Waals surface area contributed by atoms with E-state index in [0.29, 0.717) is 5.69 Å². The highest BCUT2D eigenvalue weighted by Crippen LogP contribution is 2.35. The number of carbonyl (C=O) groups excluding carboxylic acids is 1. The number of allylic oxidation sites excluding steroid dienone is 2. The molecule has 1 amide bonds. The molecule has 0 fully saturated rings. The van der Waals surface area contributed by atoms with E-state index in [9.17, 15) is 4.79 Å². The van der Waals surface area contributed by atoms with Gasteiger partial charge in [-0.2, -0.15) is 5.10 Å². The highest BCUT2D eigenvalue weighted by atomic mass is 16.2. The number of nitrogens with zero attached hydrogens (tertiary/aromatic N) is 3. The molecule has 4 aromatic rings. The van der Waals surface area contributed by atoms with E-state index in [-0.39, 0.29) is 5.91 Å². The normalized spacial score (nSPS) is 13.4. The second-order valence-corrected chi connectivity index (χ2v) is 9.44. The van der Waals surface area contributed by atoms with Crippen molar-refractivity contribution in [2.75, 3.05) is 10.6 Å². The van der Waals surface area contributed by atoms with Gasteiger partial charge in [-0.15, -0.1) is 0 Å². The monoisotopic (exact) mass is 450 g/mol. The molecule has 0 bridgehead atoms. The van der Waals surface area contributed by atoms with Gasteiger partial charge in [-0.25, -0.2) is 0 Å². The third-order valence-corrected chi connectivity index (χ3v) is 5.93. The van der Waals surface area contributed by atoms with Crippen LogP contribution < -0.4 is 10.6 Å². The van der Waals surface area contributed by atoms with Crippen LogP contribution in [0.4, 0.5) is 11.4 Å². The Morgan fingerprint density at radius 3 is 2.74 bits per heavy atom. The maximum atomic E-state index is 12.4. The number of nitrogens with one attached hydrogen (secondary N) is 3. The number of aromatic amines is 1. The van der Waals surface area contributed by atoms with Crippen molar-refractivity contribution in [3.05, 3.63) is 84.6 Å². The van der Waals surface area contributed by atoms with E-state index in [4.69, 9.17) is 0 Å². The van der Waals surface area contributed by atoms with E-state index < -0.39 is 5.41 Å². The quantitative estimate of drug-likeness (QED) is 0.378. The van der Waals surface area contributed by atoms with Crippen LogP contribution in [0.2, 0.25) is 0 Å². The standard InChI is InChI=1S/C27H26N6O/c1-5-16-10-18-8-9-28-15-23(18)31-24(16)25-21-12-17(6-7-22(21)32-33-25)19-11-20(14-29-13-19)30-26(34)27(2,3)4/h5-9,11-15,31H,1,10H2,2-4H3,(H,30,34)(H,32,33). The minimum atomic E-state index is -0.488. The van der Waals surface area contributed by atoms with Gasteiger partial charge in [0, 0.05) is 35.2 Å². The van der Waals surface area contributed by atoms with Gasteiger partial charge >= 0.3 is 0 Å². The lowest BCUT2D eigenvalue weighted by Gasteiger charge is -2.22. The summed E-state index contributed by atoms with van der Waals surface area (Å²) in [5.74, 6) is -0.0546. The van der Waals surface area contributed by atoms with Gasteiger partial charge in [-0.05, 0) is 41.0 Å². The lowest BCUT2D eigenvalue weighted by Crippen LogP contribution is -2.27. The van der Waals surface area contributed by atoms with Crippen LogP contribution >= 0.6 is 0 Å². The summed E-state index contributed by atoms with van der Waals surface area (Å²) in [4.78, 5) is 21.0. The number of fused-ring (bicyclic) bond motifs is 2. The molecule has 0 unspecified atom stereocenters. The minimum absolute atomic E-state index is 0.0546. The first kappa shape index (κ1) is 21.6. The first-order valence-electron chi connectivity index (χ1n) is 11.1. The van der Waals surface area contributed by atoms with Crippen molar-refractivity contribution in [2.45, 2.75) is 27.2 Å². The van der Waals surface area contributed by atoms with Crippen molar-refractivity contribution in [2.24, 2.45) is 5.41 Å². The number of anilines is 2. The Labute approximate surface area is 198 Å². The number of H-pyrrole nitrogens is 1. The summed E-state index contributed by atoms with van der Waals surface area (Å²) in [6.45, 7) is 9.67. The molecule has 3 aromatic heterocycles. The van der Waals surface area contributed by atoms with Gasteiger partial charge in [0.1, 0.15) is 5.69 Å². The fourth-order valence-electron chi connectivity index (χ4n) is 3.95. The maximum absolute atomic E-state index is 12.4. The van der Waals surface area contributed by atoms with Crippen LogP contribution in [0.5, 0.6) is 0 Å². The molecule has 7 nitrogen and oxygen atoms in total. The van der Waals surface area contributed by atoms with Crippen molar-refractivity contribution in [1.82, 2.24) is 20.2 Å². The molecule has 0 saturated heterocycles. The topological polar surface area (TPSA) is 95.6 Å². The molecule has 4 heterocycles. The molecule has 0 saturated carbocycles. The first-order chi connectivity index (χ1) is 16.3. The molecule has 0 radical (unpaired) electrons. The van der Waals surface area contributed by atoms with Crippen LogP contribution in [0, 0.1) is 5.41 Å². The van der Waals surface area contributed by atoms with Crippen LogP contribution in [0.1, 0.15) is 32.0 Å². The number of benzene rings is 1. The molecule has 3 N–H and O–H groups in total. The van der Waals surface area contributed by atoms with E-state index in [2.05, 4.69) is 43.4 Å². The van der Waals surface area contributed by atoms with E-state index in [1.54, 1.807) is 18.6 Å². The zero-order valence-corrected chi connectivity index (χ0v) is 19.4. The number of hydrogen-bond donors (Lipinski definition) is 3. The van der Waals surface area contributed by atoms with Gasteiger partial charge in [0.05, 0.1) is 35.0 Å². The molecule has 5 rings (SSSR count). The maximum Gasteiger partial charge on any atom is 0.229 e. The summed E-state index contributed by atoms with van der Waals surface area (Å²) in [5.41, 5.74) is 7.96. The summed E-state index contributed by atoms with van der Waals surface area (Å²) in [6.07, 6.45) is 9.72. The summed E-state index contributed by atoms with van der Waals surface area (Å²) < 4.78 is 0. The zero-order valence-electron chi connectivity index (χ0n) is 19.4. The molecular weight excluding hydrogens is 424 g/mol. The number of rotatable bonds is 4. The Balaban J connectivity index is 1.54. The number of carbonyl (C=O) groups is 1. The molecule has 0 spiro atoms. The molecule has 0 aliphatic carbocycles. The van der Waals surface area contributed by atoms with Crippen molar-refractivity contribution in [1.29, 1.82) is 0 Å². The number of amides is 1. The van der Waals surface area contributed by atoms with Crippen LogP contribution in [0.15, 0.2) is 73.3 Å². The fraction of sp³-hybridized carbons (Fsp3) is 0.185. The van der Waals surface area contributed by atoms with Gasteiger partial charge in [-0.3, -0.25) is 19.9 Å². The molecule has 1 aliphatic rings. The van der Waals surface area contributed by atoms with E-state index >= 15 is 0 Å². The average Bonchev–Trinajstić information content (AvgIpc) is 3.26. The van der Waals surface area contributed by atoms with Crippen molar-refractivity contribution >= 4 is 33.9 Å². The van der Waals surface area contributed by atoms with Gasteiger partial charge in [0.15, 0.2) is 0 Å². The highest BCUT2D eigenvalue weighted by molar-refractivity contribution is 5.98. The molecule has 1 aromatic carbocycles. The molecule has 0 atom stereocenters. The fourth-order valence-corrected chi connectivity index (χ4v) is 3.95. The van der Waals surface area contributed by atoms with Crippen LogP contribution in [0.3, 0.4) is 0 Å². The predicted octanol–water partition coefficient (Wildman–Crippen LogP) is 5.57. The Hall–Kier alpha value is -4.26. The predicted molar refractivity (Wildman–Crippen MR) is 136 cm³/mol. The SMILES string of the molecule is C=CC1=C(c2n[nH]c3ccc(-c4cncc(NC(=O)C(C)(C)C)c4)cc23)Nc2cnccc2C1. The molecule has 170 valence electrons. The van der Waals surface area contributed by atoms with Crippen molar-refractivity contribution < 1.29 is 4.79 Å². The van der Waals surface area contributed by atoms with Crippen LogP contribution in [-0.2, 0) is 11.2 Å². The Morgan fingerprint density at radius 2 is 1.94 bits per heavy atom. The van der Waals surface area contributed by atoms with Crippen molar-refractivity contribution in [3.8, 4) is 11.1 Å². The van der Waals surface area contributed by atoms with Crippen LogP contribution in [-0.4, -0.2) is 26.1 Å². The summed E-state index contributed by atoms with van der Waals surface area (Å²) in [7, 11) is 0. The third kappa shape index (κ3) is 3.96. The Morgan fingerprint density at radius 1 is 1.09 bits per heavy atom. The number of pyridine rings is 2. The molecule has 7 heteroatoms. The smallest absolute Gasteiger partial charge is 0.229 e. The Kier molecular flexibility index (Phi) is 5.24. The summed E-state index contributed by atoms with van der Waals surface area (Å²) in [6, 6.07) is 10.1. The van der Waals surface area contributed by atoms with Gasteiger partial charge in [-0.1, -0.05) is 39.5 Å². The molecule has 34 heavy (non-hydrogen) atoms. The summed E-state index contributed by atoms with van der Waals surface area (Å²) in [5, 5.41) is 15.2. The molecular formula is C27H26N6O. The van der Waals surface area contributed by atoms with Gasteiger partial charge in [0.2, 0.25) is 5.91 Å². The lowest BCUT2D eigenvalue weighted by molar-refractivity contribution is -0.123. The second kappa shape index (κ2) is 8.26. The van der Waals surface area contributed by atoms with Crippen molar-refractivity contribution in [3.63, 3.8) is 0 Å². The zero-order chi connectivity index (χ0) is 23.9.